The summed E-state index contributed by atoms with van der Waals surface area (Å²) in [7, 11) is 2.13. The Kier molecular flexibility index (Phi) is 3.81. The highest BCUT2D eigenvalue weighted by atomic mass is 15.1. The zero-order valence-corrected chi connectivity index (χ0v) is 12.5. The fourth-order valence-electron chi connectivity index (χ4n) is 3.46. The first-order chi connectivity index (χ1) is 9.65. The van der Waals surface area contributed by atoms with E-state index in [0.29, 0.717) is 12.0 Å². The molecule has 2 atom stereocenters. The van der Waals surface area contributed by atoms with Gasteiger partial charge >= 0.3 is 0 Å². The number of benzene rings is 1. The number of aromatic nitrogens is 1. The van der Waals surface area contributed by atoms with Crippen molar-refractivity contribution >= 4 is 10.9 Å². The maximum Gasteiger partial charge on any atom is 0.0481 e. The van der Waals surface area contributed by atoms with E-state index in [2.05, 4.69) is 53.9 Å². The monoisotopic (exact) mass is 271 g/mol. The average Bonchev–Trinajstić information content (AvgIpc) is 2.76. The van der Waals surface area contributed by atoms with Crippen LogP contribution >= 0.6 is 0 Å². The number of fused-ring (bicyclic) bond motifs is 1. The Morgan fingerprint density at radius 2 is 2.15 bits per heavy atom. The summed E-state index contributed by atoms with van der Waals surface area (Å²) < 4.78 is 2.23. The van der Waals surface area contributed by atoms with Crippen LogP contribution in [0.1, 0.15) is 25.3 Å². The fourth-order valence-corrected chi connectivity index (χ4v) is 3.46. The predicted octanol–water partition coefficient (Wildman–Crippen LogP) is 2.74. The minimum Gasteiger partial charge on any atom is -0.350 e. The molecule has 0 aliphatic carbocycles. The van der Waals surface area contributed by atoms with Crippen LogP contribution in [-0.4, -0.2) is 28.6 Å². The van der Waals surface area contributed by atoms with Gasteiger partial charge in [0.25, 0.3) is 0 Å². The van der Waals surface area contributed by atoms with Crippen LogP contribution in [0.2, 0.25) is 0 Å². The molecule has 2 unspecified atom stereocenters. The minimum absolute atomic E-state index is 0.310. The summed E-state index contributed by atoms with van der Waals surface area (Å²) in [6.45, 7) is 5.53. The van der Waals surface area contributed by atoms with E-state index in [0.717, 1.165) is 13.1 Å². The quantitative estimate of drug-likeness (QED) is 0.931. The van der Waals surface area contributed by atoms with Gasteiger partial charge in [0.15, 0.2) is 0 Å². The van der Waals surface area contributed by atoms with Gasteiger partial charge in [-0.05, 0) is 43.9 Å². The van der Waals surface area contributed by atoms with Crippen LogP contribution in [0.25, 0.3) is 10.9 Å². The summed E-state index contributed by atoms with van der Waals surface area (Å²) in [5.74, 6) is 0.652. The predicted molar refractivity (Wildman–Crippen MR) is 84.6 cm³/mol. The normalized spacial score (nSPS) is 22.2. The molecule has 1 aliphatic heterocycles. The van der Waals surface area contributed by atoms with Gasteiger partial charge < -0.3 is 10.3 Å². The Labute approximate surface area is 121 Å². The molecule has 3 rings (SSSR count). The van der Waals surface area contributed by atoms with Crippen LogP contribution in [0.3, 0.4) is 0 Å². The SMILES string of the molecule is CC(N)C1CCCN(Cc2cn(C)c3ccccc23)C1. The van der Waals surface area contributed by atoms with Crippen LogP contribution < -0.4 is 5.73 Å². The molecular formula is C17H25N3. The minimum atomic E-state index is 0.310. The molecule has 2 N–H and O–H groups in total. The lowest BCUT2D eigenvalue weighted by Crippen LogP contribution is -2.41. The molecule has 0 radical (unpaired) electrons. The van der Waals surface area contributed by atoms with E-state index in [4.69, 9.17) is 5.73 Å². The van der Waals surface area contributed by atoms with E-state index in [1.165, 1.54) is 35.9 Å². The zero-order valence-electron chi connectivity index (χ0n) is 12.5. The Hall–Kier alpha value is -1.32. The standard InChI is InChI=1S/C17H25N3/c1-13(18)14-6-5-9-20(11-14)12-15-10-19(2)17-8-4-3-7-16(15)17/h3-4,7-8,10,13-14H,5-6,9,11-12,18H2,1-2H3. The summed E-state index contributed by atoms with van der Waals surface area (Å²) in [5.41, 5.74) is 8.85. The molecule has 2 aromatic rings. The van der Waals surface area contributed by atoms with Gasteiger partial charge in [0.05, 0.1) is 0 Å². The number of piperidine rings is 1. The van der Waals surface area contributed by atoms with Gasteiger partial charge in [-0.1, -0.05) is 18.2 Å². The molecule has 0 amide bonds. The van der Waals surface area contributed by atoms with Crippen molar-refractivity contribution in [3.63, 3.8) is 0 Å². The highest BCUT2D eigenvalue weighted by Crippen LogP contribution is 2.25. The molecule has 20 heavy (non-hydrogen) atoms. The molecule has 0 spiro atoms. The van der Waals surface area contributed by atoms with Crippen molar-refractivity contribution in [3.8, 4) is 0 Å². The second kappa shape index (κ2) is 5.58. The summed E-state index contributed by atoms with van der Waals surface area (Å²) in [6, 6.07) is 8.98. The first-order valence-corrected chi connectivity index (χ1v) is 7.66. The lowest BCUT2D eigenvalue weighted by molar-refractivity contribution is 0.155. The van der Waals surface area contributed by atoms with Crippen LogP contribution in [-0.2, 0) is 13.6 Å². The summed E-state index contributed by atoms with van der Waals surface area (Å²) in [6.07, 6.45) is 4.83. The van der Waals surface area contributed by atoms with Crippen molar-refractivity contribution in [2.24, 2.45) is 18.7 Å². The van der Waals surface area contributed by atoms with Crippen LogP contribution in [0.4, 0.5) is 0 Å². The van der Waals surface area contributed by atoms with E-state index >= 15 is 0 Å². The average molecular weight is 271 g/mol. The van der Waals surface area contributed by atoms with Crippen molar-refractivity contribution in [1.29, 1.82) is 0 Å². The van der Waals surface area contributed by atoms with Crippen molar-refractivity contribution in [3.05, 3.63) is 36.0 Å². The molecule has 1 saturated heterocycles. The molecular weight excluding hydrogens is 246 g/mol. The van der Waals surface area contributed by atoms with Gasteiger partial charge in [-0.15, -0.1) is 0 Å². The second-order valence-corrected chi connectivity index (χ2v) is 6.28. The fraction of sp³-hybridized carbons (Fsp3) is 0.529. The smallest absolute Gasteiger partial charge is 0.0481 e. The first-order valence-electron chi connectivity index (χ1n) is 7.66. The third-order valence-electron chi connectivity index (χ3n) is 4.66. The Balaban J connectivity index is 1.79. The molecule has 0 saturated carbocycles. The van der Waals surface area contributed by atoms with Crippen molar-refractivity contribution < 1.29 is 0 Å². The molecule has 1 aliphatic rings. The van der Waals surface area contributed by atoms with Crippen LogP contribution in [0, 0.1) is 5.92 Å². The number of para-hydroxylation sites is 1. The van der Waals surface area contributed by atoms with Gasteiger partial charge in [-0.3, -0.25) is 4.90 Å². The van der Waals surface area contributed by atoms with E-state index in [1.54, 1.807) is 0 Å². The van der Waals surface area contributed by atoms with Crippen molar-refractivity contribution in [1.82, 2.24) is 9.47 Å². The zero-order chi connectivity index (χ0) is 14.1. The highest BCUT2D eigenvalue weighted by Gasteiger charge is 2.23. The number of likely N-dealkylation sites (tertiary alicyclic amines) is 1. The largest absolute Gasteiger partial charge is 0.350 e. The maximum atomic E-state index is 6.09. The number of hydrogen-bond acceptors (Lipinski definition) is 2. The van der Waals surface area contributed by atoms with Crippen LogP contribution in [0.5, 0.6) is 0 Å². The molecule has 3 nitrogen and oxygen atoms in total. The number of nitrogens with zero attached hydrogens (tertiary/aromatic N) is 2. The molecule has 1 aromatic carbocycles. The van der Waals surface area contributed by atoms with E-state index in [1.807, 2.05) is 0 Å². The Morgan fingerprint density at radius 3 is 2.95 bits per heavy atom. The number of hydrogen-bond donors (Lipinski definition) is 1. The lowest BCUT2D eigenvalue weighted by Gasteiger charge is -2.34. The van der Waals surface area contributed by atoms with Gasteiger partial charge in [0, 0.05) is 43.3 Å². The van der Waals surface area contributed by atoms with Crippen molar-refractivity contribution in [2.45, 2.75) is 32.4 Å². The molecule has 2 heterocycles. The topological polar surface area (TPSA) is 34.2 Å². The van der Waals surface area contributed by atoms with E-state index in [9.17, 15) is 0 Å². The third-order valence-corrected chi connectivity index (χ3v) is 4.66. The summed E-state index contributed by atoms with van der Waals surface area (Å²) >= 11 is 0. The number of nitrogens with two attached hydrogens (primary N) is 1. The van der Waals surface area contributed by atoms with E-state index < -0.39 is 0 Å². The molecule has 1 fully saturated rings. The highest BCUT2D eigenvalue weighted by molar-refractivity contribution is 5.83. The number of aryl methyl sites for hydroxylation is 1. The summed E-state index contributed by atoms with van der Waals surface area (Å²) in [5, 5.41) is 1.39. The van der Waals surface area contributed by atoms with E-state index in [-0.39, 0.29) is 0 Å². The number of rotatable bonds is 3. The third kappa shape index (κ3) is 2.60. The Morgan fingerprint density at radius 1 is 1.35 bits per heavy atom. The van der Waals surface area contributed by atoms with Gasteiger partial charge in [-0.2, -0.15) is 0 Å². The van der Waals surface area contributed by atoms with Gasteiger partial charge in [-0.25, -0.2) is 0 Å². The molecule has 3 heteroatoms. The Bertz CT molecular complexity index is 585. The first kappa shape index (κ1) is 13.7. The maximum absolute atomic E-state index is 6.09. The lowest BCUT2D eigenvalue weighted by atomic mass is 9.92. The molecule has 108 valence electrons. The molecule has 1 aromatic heterocycles. The van der Waals surface area contributed by atoms with Gasteiger partial charge in [0.2, 0.25) is 0 Å². The van der Waals surface area contributed by atoms with Crippen molar-refractivity contribution in [2.75, 3.05) is 13.1 Å². The second-order valence-electron chi connectivity index (χ2n) is 6.28. The summed E-state index contributed by atoms with van der Waals surface area (Å²) in [4.78, 5) is 2.57. The van der Waals surface area contributed by atoms with Gasteiger partial charge in [0.1, 0.15) is 0 Å². The molecule has 0 bridgehead atoms. The van der Waals surface area contributed by atoms with Crippen LogP contribution in [0.15, 0.2) is 30.5 Å².